The molecule has 1 amide bonds. The molecule has 0 saturated heterocycles. The maximum Gasteiger partial charge on any atom is 0.290 e. The van der Waals surface area contributed by atoms with E-state index in [0.29, 0.717) is 11.4 Å². The lowest BCUT2D eigenvalue weighted by Gasteiger charge is -2.08. The van der Waals surface area contributed by atoms with Gasteiger partial charge < -0.3 is 0 Å². The van der Waals surface area contributed by atoms with Crippen LogP contribution in [0.25, 0.3) is 11.4 Å². The molecule has 0 atom stereocenters. The summed E-state index contributed by atoms with van der Waals surface area (Å²) in [5.74, 6) is -0.226. The first kappa shape index (κ1) is 15.4. The summed E-state index contributed by atoms with van der Waals surface area (Å²) in [6, 6.07) is 5.69. The molecule has 10 nitrogen and oxygen atoms in total. The summed E-state index contributed by atoms with van der Waals surface area (Å²) in [6.45, 7) is 0. The van der Waals surface area contributed by atoms with Crippen LogP contribution in [-0.2, 0) is 0 Å². The van der Waals surface area contributed by atoms with Crippen LogP contribution in [0.15, 0.2) is 42.9 Å². The Balaban J connectivity index is 1.93. The zero-order chi connectivity index (χ0) is 17.1. The number of benzene rings is 1. The van der Waals surface area contributed by atoms with Crippen molar-refractivity contribution in [3.63, 3.8) is 0 Å². The lowest BCUT2D eigenvalue weighted by molar-refractivity contribution is -0.384. The Kier molecular flexibility index (Phi) is 4.07. The predicted molar refractivity (Wildman–Crippen MR) is 85.2 cm³/mol. The first-order valence-electron chi connectivity index (χ1n) is 6.56. The number of nitrogens with zero attached hydrogens (tertiary/aromatic N) is 5. The summed E-state index contributed by atoms with van der Waals surface area (Å²) < 4.78 is 1.41. The van der Waals surface area contributed by atoms with Crippen LogP contribution in [-0.4, -0.2) is 35.7 Å². The largest absolute Gasteiger partial charge is 0.290 e. The number of carbonyl (C=O) groups is 1. The zero-order valence-corrected chi connectivity index (χ0v) is 12.7. The Morgan fingerprint density at radius 2 is 2.04 bits per heavy atom. The van der Waals surface area contributed by atoms with Gasteiger partial charge in [0, 0.05) is 30.1 Å². The van der Waals surface area contributed by atoms with E-state index in [0.717, 1.165) is 0 Å². The van der Waals surface area contributed by atoms with Gasteiger partial charge in [-0.2, -0.15) is 5.10 Å². The highest BCUT2D eigenvalue weighted by Gasteiger charge is 2.15. The number of H-pyrrole nitrogens is 1. The van der Waals surface area contributed by atoms with Crippen molar-refractivity contribution < 1.29 is 9.72 Å². The maximum atomic E-state index is 12.2. The number of aromatic nitrogens is 5. The van der Waals surface area contributed by atoms with E-state index in [1.807, 2.05) is 0 Å². The van der Waals surface area contributed by atoms with Gasteiger partial charge >= 0.3 is 0 Å². The molecule has 2 heterocycles. The summed E-state index contributed by atoms with van der Waals surface area (Å²) in [5, 5.41) is 17.3. The van der Waals surface area contributed by atoms with Gasteiger partial charge in [0.05, 0.1) is 11.1 Å². The summed E-state index contributed by atoms with van der Waals surface area (Å²) in [5.41, 5.74) is 3.14. The number of carbonyl (C=O) groups excluding carboxylic acids is 1. The van der Waals surface area contributed by atoms with E-state index >= 15 is 0 Å². The van der Waals surface area contributed by atoms with E-state index in [2.05, 4.69) is 25.6 Å². The minimum absolute atomic E-state index is 0.0528. The van der Waals surface area contributed by atoms with Crippen LogP contribution < -0.4 is 5.43 Å². The Morgan fingerprint density at radius 1 is 1.29 bits per heavy atom. The van der Waals surface area contributed by atoms with Crippen LogP contribution in [0, 0.1) is 14.9 Å². The number of nitro groups is 1. The molecule has 0 aliphatic rings. The maximum absolute atomic E-state index is 12.2. The molecule has 120 valence electrons. The molecule has 0 saturated carbocycles. The third kappa shape index (κ3) is 3.01. The van der Waals surface area contributed by atoms with Crippen LogP contribution in [0.5, 0.6) is 0 Å². The average Bonchev–Trinajstić information content (AvgIpc) is 2.96. The molecular formula is C13H9N7O3S. The predicted octanol–water partition coefficient (Wildman–Crippen LogP) is 1.69. The molecule has 0 spiro atoms. The second kappa shape index (κ2) is 6.34. The van der Waals surface area contributed by atoms with E-state index < -0.39 is 10.8 Å². The van der Waals surface area contributed by atoms with Crippen molar-refractivity contribution in [2.24, 2.45) is 0 Å². The molecule has 0 unspecified atom stereocenters. The van der Waals surface area contributed by atoms with E-state index in [1.165, 1.54) is 47.5 Å². The quantitative estimate of drug-likeness (QED) is 0.418. The van der Waals surface area contributed by atoms with Crippen molar-refractivity contribution in [2.75, 3.05) is 5.43 Å². The molecule has 0 radical (unpaired) electrons. The minimum Gasteiger partial charge on any atom is -0.266 e. The fourth-order valence-corrected chi connectivity index (χ4v) is 2.08. The molecule has 2 N–H and O–H groups in total. The van der Waals surface area contributed by atoms with Gasteiger partial charge in [-0.3, -0.25) is 25.3 Å². The van der Waals surface area contributed by atoms with Crippen LogP contribution in [0.2, 0.25) is 0 Å². The summed E-state index contributed by atoms with van der Waals surface area (Å²) >= 11 is 5.09. The molecule has 24 heavy (non-hydrogen) atoms. The van der Waals surface area contributed by atoms with Crippen molar-refractivity contribution in [3.05, 3.63) is 63.4 Å². The molecule has 0 aliphatic heterocycles. The highest BCUT2D eigenvalue weighted by molar-refractivity contribution is 7.71. The number of nitrogens with one attached hydrogen (secondary N) is 2. The molecule has 0 bridgehead atoms. The molecule has 0 fully saturated rings. The van der Waals surface area contributed by atoms with Crippen LogP contribution >= 0.6 is 12.2 Å². The molecule has 3 aromatic rings. The van der Waals surface area contributed by atoms with Gasteiger partial charge in [-0.15, -0.1) is 0 Å². The monoisotopic (exact) mass is 343 g/mol. The highest BCUT2D eigenvalue weighted by Crippen LogP contribution is 2.20. The first-order chi connectivity index (χ1) is 11.6. The van der Waals surface area contributed by atoms with Gasteiger partial charge in [0.25, 0.3) is 11.6 Å². The number of hydrogen-bond donors (Lipinski definition) is 2. The Morgan fingerprint density at radius 3 is 2.67 bits per heavy atom. The van der Waals surface area contributed by atoms with Crippen molar-refractivity contribution >= 4 is 23.8 Å². The third-order valence-corrected chi connectivity index (χ3v) is 3.29. The van der Waals surface area contributed by atoms with Crippen LogP contribution in [0.4, 0.5) is 5.69 Å². The number of nitro benzene ring substituents is 1. The smallest absolute Gasteiger partial charge is 0.266 e. The van der Waals surface area contributed by atoms with Gasteiger partial charge in [-0.05, 0) is 24.4 Å². The lowest BCUT2D eigenvalue weighted by Crippen LogP contribution is -2.24. The standard InChI is InChI=1S/C13H9N7O3S/c21-12(10-7-14-5-6-15-10)18-19-11(16-17-13(19)24)8-1-3-9(4-2-8)20(22)23/h1-7H,(H,17,24)(H,18,21). The normalized spacial score (nSPS) is 10.3. The van der Waals surface area contributed by atoms with Gasteiger partial charge in [0.1, 0.15) is 5.69 Å². The van der Waals surface area contributed by atoms with Gasteiger partial charge in [0.15, 0.2) is 5.82 Å². The molecule has 3 rings (SSSR count). The van der Waals surface area contributed by atoms with Gasteiger partial charge in [-0.1, -0.05) is 0 Å². The van der Waals surface area contributed by atoms with Gasteiger partial charge in [-0.25, -0.2) is 14.8 Å². The second-order valence-electron chi connectivity index (χ2n) is 4.52. The van der Waals surface area contributed by atoms with Crippen molar-refractivity contribution in [2.45, 2.75) is 0 Å². The zero-order valence-electron chi connectivity index (χ0n) is 11.9. The molecule has 1 aromatic carbocycles. The molecular weight excluding hydrogens is 334 g/mol. The summed E-state index contributed by atoms with van der Waals surface area (Å²) in [7, 11) is 0. The van der Waals surface area contributed by atoms with Crippen molar-refractivity contribution in [1.82, 2.24) is 24.8 Å². The average molecular weight is 343 g/mol. The highest BCUT2D eigenvalue weighted by atomic mass is 32.1. The minimum atomic E-state index is -0.524. The first-order valence-corrected chi connectivity index (χ1v) is 6.96. The molecule has 0 aliphatic carbocycles. The van der Waals surface area contributed by atoms with Gasteiger partial charge in [0.2, 0.25) is 4.77 Å². The lowest BCUT2D eigenvalue weighted by atomic mass is 10.2. The number of rotatable bonds is 4. The number of hydrogen-bond acceptors (Lipinski definition) is 7. The van der Waals surface area contributed by atoms with E-state index in [9.17, 15) is 14.9 Å². The molecule has 11 heteroatoms. The second-order valence-corrected chi connectivity index (χ2v) is 4.91. The Hall–Kier alpha value is -3.47. The number of amides is 1. The Bertz CT molecular complexity index is 950. The van der Waals surface area contributed by atoms with Crippen LogP contribution in [0.1, 0.15) is 10.5 Å². The number of aromatic amines is 1. The fraction of sp³-hybridized carbons (Fsp3) is 0. The third-order valence-electron chi connectivity index (χ3n) is 3.02. The molecule has 2 aromatic heterocycles. The number of non-ortho nitro benzene ring substituents is 1. The van der Waals surface area contributed by atoms with E-state index in [-0.39, 0.29) is 16.2 Å². The SMILES string of the molecule is O=C(Nn1c(-c2ccc([N+](=O)[O-])cc2)n[nH]c1=S)c1cnccn1. The van der Waals surface area contributed by atoms with Crippen molar-refractivity contribution in [1.29, 1.82) is 0 Å². The summed E-state index contributed by atoms with van der Waals surface area (Å²) in [4.78, 5) is 30.1. The Labute approximate surface area is 139 Å². The fourth-order valence-electron chi connectivity index (χ4n) is 1.90. The topological polar surface area (TPSA) is 132 Å². The summed E-state index contributed by atoms with van der Waals surface area (Å²) in [6.07, 6.45) is 4.15. The van der Waals surface area contributed by atoms with Crippen LogP contribution in [0.3, 0.4) is 0 Å². The van der Waals surface area contributed by atoms with E-state index in [4.69, 9.17) is 12.2 Å². The van der Waals surface area contributed by atoms with Crippen molar-refractivity contribution in [3.8, 4) is 11.4 Å². The van der Waals surface area contributed by atoms with E-state index in [1.54, 1.807) is 0 Å².